The number of methoxy groups -OCH3 is 1. The van der Waals surface area contributed by atoms with Crippen LogP contribution in [0.2, 0.25) is 0 Å². The summed E-state index contributed by atoms with van der Waals surface area (Å²) in [4.78, 5) is 0. The van der Waals surface area contributed by atoms with Gasteiger partial charge in [0.2, 0.25) is 0 Å². The van der Waals surface area contributed by atoms with Gasteiger partial charge in [0, 0.05) is 18.1 Å². The predicted octanol–water partition coefficient (Wildman–Crippen LogP) is 3.55. The SMILES string of the molecule is CCC(C)(C)C1CCC(CN)C(SCCOC)C1. The molecule has 0 aromatic carbocycles. The summed E-state index contributed by atoms with van der Waals surface area (Å²) in [6.45, 7) is 8.89. The van der Waals surface area contributed by atoms with E-state index in [0.29, 0.717) is 5.41 Å². The fraction of sp³-hybridized carbons (Fsp3) is 1.00. The molecule has 3 atom stereocenters. The highest BCUT2D eigenvalue weighted by molar-refractivity contribution is 7.99. The molecule has 0 aromatic heterocycles. The van der Waals surface area contributed by atoms with Crippen LogP contribution in [0.25, 0.3) is 0 Å². The van der Waals surface area contributed by atoms with Crippen molar-refractivity contribution in [2.45, 2.75) is 51.7 Å². The van der Waals surface area contributed by atoms with Crippen LogP contribution < -0.4 is 5.73 Å². The van der Waals surface area contributed by atoms with Crippen molar-refractivity contribution in [3.8, 4) is 0 Å². The van der Waals surface area contributed by atoms with Crippen LogP contribution in [0, 0.1) is 17.3 Å². The molecular formula is C15H31NOS. The summed E-state index contributed by atoms with van der Waals surface area (Å²) in [7, 11) is 1.78. The van der Waals surface area contributed by atoms with E-state index in [-0.39, 0.29) is 0 Å². The van der Waals surface area contributed by atoms with Crippen molar-refractivity contribution in [3.05, 3.63) is 0 Å². The second-order valence-corrected chi connectivity index (χ2v) is 7.60. The zero-order chi connectivity index (χ0) is 13.6. The smallest absolute Gasteiger partial charge is 0.0553 e. The molecule has 0 spiro atoms. The third kappa shape index (κ3) is 4.43. The molecule has 0 aromatic rings. The zero-order valence-electron chi connectivity index (χ0n) is 12.6. The molecule has 1 saturated carbocycles. The summed E-state index contributed by atoms with van der Waals surface area (Å²) in [5, 5.41) is 0.745. The standard InChI is InChI=1S/C15H31NOS/c1-5-15(2,3)13-7-6-12(11-16)14(10-13)18-9-8-17-4/h12-14H,5-11,16H2,1-4H3. The van der Waals surface area contributed by atoms with Crippen LogP contribution in [0.3, 0.4) is 0 Å². The van der Waals surface area contributed by atoms with E-state index in [1.54, 1.807) is 7.11 Å². The van der Waals surface area contributed by atoms with Crippen LogP contribution in [0.4, 0.5) is 0 Å². The third-order valence-corrected chi connectivity index (χ3v) is 6.27. The normalized spacial score (nSPS) is 29.5. The first-order valence-corrected chi connectivity index (χ1v) is 8.40. The maximum absolute atomic E-state index is 5.94. The lowest BCUT2D eigenvalue weighted by Crippen LogP contribution is -2.37. The monoisotopic (exact) mass is 273 g/mol. The van der Waals surface area contributed by atoms with Gasteiger partial charge in [-0.25, -0.2) is 0 Å². The van der Waals surface area contributed by atoms with Crippen molar-refractivity contribution in [2.24, 2.45) is 23.0 Å². The third-order valence-electron chi connectivity index (χ3n) is 4.87. The number of rotatable bonds is 7. The largest absolute Gasteiger partial charge is 0.384 e. The molecular weight excluding hydrogens is 242 g/mol. The molecule has 0 radical (unpaired) electrons. The van der Waals surface area contributed by atoms with Crippen LogP contribution >= 0.6 is 11.8 Å². The lowest BCUT2D eigenvalue weighted by molar-refractivity contribution is 0.134. The average molecular weight is 273 g/mol. The van der Waals surface area contributed by atoms with E-state index in [0.717, 1.165) is 36.0 Å². The molecule has 0 heterocycles. The maximum Gasteiger partial charge on any atom is 0.0553 e. The highest BCUT2D eigenvalue weighted by Gasteiger charge is 2.36. The Hall–Kier alpha value is 0.270. The Morgan fingerprint density at radius 1 is 1.33 bits per heavy atom. The molecule has 2 nitrogen and oxygen atoms in total. The van der Waals surface area contributed by atoms with Crippen molar-refractivity contribution in [2.75, 3.05) is 26.0 Å². The van der Waals surface area contributed by atoms with E-state index in [4.69, 9.17) is 10.5 Å². The number of thioether (sulfide) groups is 1. The summed E-state index contributed by atoms with van der Waals surface area (Å²) in [6, 6.07) is 0. The molecule has 108 valence electrons. The Morgan fingerprint density at radius 2 is 2.06 bits per heavy atom. The Balaban J connectivity index is 2.54. The molecule has 1 aliphatic rings. The average Bonchev–Trinajstić information content (AvgIpc) is 2.39. The van der Waals surface area contributed by atoms with Crippen molar-refractivity contribution in [3.63, 3.8) is 0 Å². The van der Waals surface area contributed by atoms with Crippen molar-refractivity contribution >= 4 is 11.8 Å². The first-order chi connectivity index (χ1) is 8.55. The van der Waals surface area contributed by atoms with E-state index in [2.05, 4.69) is 32.5 Å². The molecule has 1 aliphatic carbocycles. The molecule has 0 amide bonds. The highest BCUT2D eigenvalue weighted by Crippen LogP contribution is 2.45. The summed E-state index contributed by atoms with van der Waals surface area (Å²) >= 11 is 2.08. The van der Waals surface area contributed by atoms with Crippen molar-refractivity contribution in [1.82, 2.24) is 0 Å². The van der Waals surface area contributed by atoms with Gasteiger partial charge in [0.25, 0.3) is 0 Å². The van der Waals surface area contributed by atoms with Gasteiger partial charge in [-0.2, -0.15) is 11.8 Å². The van der Waals surface area contributed by atoms with Gasteiger partial charge >= 0.3 is 0 Å². The predicted molar refractivity (Wildman–Crippen MR) is 82.1 cm³/mol. The fourth-order valence-corrected chi connectivity index (χ4v) is 4.40. The quantitative estimate of drug-likeness (QED) is 0.721. The van der Waals surface area contributed by atoms with Gasteiger partial charge in [0.1, 0.15) is 0 Å². The molecule has 2 N–H and O–H groups in total. The summed E-state index contributed by atoms with van der Waals surface area (Å²) in [6.07, 6.45) is 5.30. The maximum atomic E-state index is 5.94. The second-order valence-electron chi connectivity index (χ2n) is 6.25. The van der Waals surface area contributed by atoms with Crippen LogP contribution in [0.15, 0.2) is 0 Å². The molecule has 18 heavy (non-hydrogen) atoms. The number of hydrogen-bond acceptors (Lipinski definition) is 3. The van der Waals surface area contributed by atoms with Crippen LogP contribution in [-0.2, 0) is 4.74 Å². The topological polar surface area (TPSA) is 35.2 Å². The Morgan fingerprint density at radius 3 is 2.61 bits per heavy atom. The minimum Gasteiger partial charge on any atom is -0.384 e. The van der Waals surface area contributed by atoms with E-state index in [1.807, 2.05) is 0 Å². The molecule has 3 heteroatoms. The van der Waals surface area contributed by atoms with Crippen LogP contribution in [-0.4, -0.2) is 31.3 Å². The molecule has 1 rings (SSSR count). The molecule has 1 fully saturated rings. The first kappa shape index (κ1) is 16.3. The molecule has 0 saturated heterocycles. The summed E-state index contributed by atoms with van der Waals surface area (Å²) in [5.74, 6) is 2.69. The molecule has 3 unspecified atom stereocenters. The van der Waals surface area contributed by atoms with Gasteiger partial charge in [-0.3, -0.25) is 0 Å². The van der Waals surface area contributed by atoms with E-state index >= 15 is 0 Å². The molecule has 0 bridgehead atoms. The lowest BCUT2D eigenvalue weighted by atomic mass is 9.67. The summed E-state index contributed by atoms with van der Waals surface area (Å²) in [5.41, 5.74) is 6.43. The Bertz CT molecular complexity index is 233. The van der Waals surface area contributed by atoms with Gasteiger partial charge in [0.05, 0.1) is 6.61 Å². The van der Waals surface area contributed by atoms with Gasteiger partial charge < -0.3 is 10.5 Å². The minimum atomic E-state index is 0.486. The zero-order valence-corrected chi connectivity index (χ0v) is 13.4. The van der Waals surface area contributed by atoms with E-state index in [9.17, 15) is 0 Å². The summed E-state index contributed by atoms with van der Waals surface area (Å²) < 4.78 is 5.16. The first-order valence-electron chi connectivity index (χ1n) is 7.35. The van der Waals surface area contributed by atoms with Gasteiger partial charge in [0.15, 0.2) is 0 Å². The lowest BCUT2D eigenvalue weighted by Gasteiger charge is -2.42. The van der Waals surface area contributed by atoms with Crippen LogP contribution in [0.1, 0.15) is 46.5 Å². The van der Waals surface area contributed by atoms with Gasteiger partial charge in [-0.05, 0) is 43.1 Å². The van der Waals surface area contributed by atoms with E-state index in [1.165, 1.54) is 25.7 Å². The Kier molecular flexibility index (Phi) is 7.04. The minimum absolute atomic E-state index is 0.486. The molecule has 0 aliphatic heterocycles. The van der Waals surface area contributed by atoms with Crippen LogP contribution in [0.5, 0.6) is 0 Å². The Labute approximate surface area is 117 Å². The highest BCUT2D eigenvalue weighted by atomic mass is 32.2. The van der Waals surface area contributed by atoms with Crippen molar-refractivity contribution in [1.29, 1.82) is 0 Å². The van der Waals surface area contributed by atoms with Crippen molar-refractivity contribution < 1.29 is 4.74 Å². The van der Waals surface area contributed by atoms with Gasteiger partial charge in [-0.1, -0.05) is 27.2 Å². The number of nitrogens with two attached hydrogens (primary N) is 1. The number of ether oxygens (including phenoxy) is 1. The second kappa shape index (κ2) is 7.76. The van der Waals surface area contributed by atoms with Gasteiger partial charge in [-0.15, -0.1) is 0 Å². The fourth-order valence-electron chi connectivity index (χ4n) is 2.95. The number of hydrogen-bond donors (Lipinski definition) is 1. The van der Waals surface area contributed by atoms with E-state index < -0.39 is 0 Å².